The number of halogens is 3. The third-order valence-electron chi connectivity index (χ3n) is 3.61. The van der Waals surface area contributed by atoms with Crippen molar-refractivity contribution in [2.45, 2.75) is 38.3 Å². The topological polar surface area (TPSA) is 66.0 Å². The standard InChI is InChI=1S/C14H19F3N4/c15-14(16,17)11-7-6-10(12(18)19)13(20-11)21-8-4-2-1-3-5-9-21/h6-7H,1-5,8-9H2,(H3,18,19). The zero-order valence-electron chi connectivity index (χ0n) is 11.7. The van der Waals surface area contributed by atoms with E-state index in [1.54, 1.807) is 0 Å². The van der Waals surface area contributed by atoms with E-state index >= 15 is 0 Å². The fourth-order valence-corrected chi connectivity index (χ4v) is 2.52. The number of alkyl halides is 3. The highest BCUT2D eigenvalue weighted by molar-refractivity contribution is 5.99. The Morgan fingerprint density at radius 1 is 1.10 bits per heavy atom. The van der Waals surface area contributed by atoms with E-state index < -0.39 is 11.9 Å². The van der Waals surface area contributed by atoms with E-state index in [2.05, 4.69) is 4.98 Å². The van der Waals surface area contributed by atoms with Crippen LogP contribution in [0.25, 0.3) is 0 Å². The second-order valence-corrected chi connectivity index (χ2v) is 5.23. The summed E-state index contributed by atoms with van der Waals surface area (Å²) in [4.78, 5) is 5.57. The van der Waals surface area contributed by atoms with Crippen LogP contribution in [0.5, 0.6) is 0 Å². The second kappa shape index (κ2) is 6.32. The number of nitrogen functional groups attached to an aromatic ring is 1. The number of hydrogen-bond donors (Lipinski definition) is 2. The van der Waals surface area contributed by atoms with Gasteiger partial charge in [-0.2, -0.15) is 13.2 Å². The van der Waals surface area contributed by atoms with Crippen molar-refractivity contribution in [3.63, 3.8) is 0 Å². The lowest BCUT2D eigenvalue weighted by Crippen LogP contribution is -2.31. The van der Waals surface area contributed by atoms with Gasteiger partial charge < -0.3 is 10.6 Å². The molecule has 0 saturated carbocycles. The lowest BCUT2D eigenvalue weighted by atomic mass is 10.1. The third kappa shape index (κ3) is 3.86. The van der Waals surface area contributed by atoms with Crippen LogP contribution in [0.3, 0.4) is 0 Å². The predicted molar refractivity (Wildman–Crippen MR) is 75.6 cm³/mol. The van der Waals surface area contributed by atoms with E-state index in [9.17, 15) is 13.2 Å². The van der Waals surface area contributed by atoms with Crippen LogP contribution in [0.15, 0.2) is 12.1 Å². The summed E-state index contributed by atoms with van der Waals surface area (Å²) in [7, 11) is 0. The molecule has 1 fully saturated rings. The molecule has 3 N–H and O–H groups in total. The summed E-state index contributed by atoms with van der Waals surface area (Å²) in [5.74, 6) is -0.0764. The maximum Gasteiger partial charge on any atom is 0.433 e. The van der Waals surface area contributed by atoms with Crippen molar-refractivity contribution in [3.8, 4) is 0 Å². The normalized spacial score (nSPS) is 17.2. The first-order chi connectivity index (χ1) is 9.89. The molecule has 0 bridgehead atoms. The minimum absolute atomic E-state index is 0.180. The van der Waals surface area contributed by atoms with Gasteiger partial charge in [0.25, 0.3) is 0 Å². The number of anilines is 1. The van der Waals surface area contributed by atoms with Crippen LogP contribution in [0.4, 0.5) is 19.0 Å². The van der Waals surface area contributed by atoms with Crippen molar-refractivity contribution in [1.29, 1.82) is 5.41 Å². The minimum Gasteiger partial charge on any atom is -0.384 e. The Balaban J connectivity index is 2.39. The molecule has 2 heterocycles. The quantitative estimate of drug-likeness (QED) is 0.651. The molecule has 1 aromatic rings. The monoisotopic (exact) mass is 300 g/mol. The molecular weight excluding hydrogens is 281 g/mol. The highest BCUT2D eigenvalue weighted by Crippen LogP contribution is 2.31. The van der Waals surface area contributed by atoms with Crippen LogP contribution in [0.2, 0.25) is 0 Å². The summed E-state index contributed by atoms with van der Waals surface area (Å²) >= 11 is 0. The number of hydrogen-bond acceptors (Lipinski definition) is 3. The number of rotatable bonds is 2. The maximum absolute atomic E-state index is 12.8. The number of aromatic nitrogens is 1. The smallest absolute Gasteiger partial charge is 0.384 e. The molecular formula is C14H19F3N4. The lowest BCUT2D eigenvalue weighted by molar-refractivity contribution is -0.141. The molecule has 0 aliphatic carbocycles. The maximum atomic E-state index is 12.8. The molecule has 2 rings (SSSR count). The van der Waals surface area contributed by atoms with E-state index in [4.69, 9.17) is 11.1 Å². The molecule has 1 aliphatic heterocycles. The second-order valence-electron chi connectivity index (χ2n) is 5.23. The van der Waals surface area contributed by atoms with E-state index in [0.717, 1.165) is 38.2 Å². The van der Waals surface area contributed by atoms with Crippen molar-refractivity contribution in [2.75, 3.05) is 18.0 Å². The summed E-state index contributed by atoms with van der Waals surface area (Å²) in [6.07, 6.45) is 0.608. The van der Waals surface area contributed by atoms with Gasteiger partial charge in [0.15, 0.2) is 0 Å². The zero-order chi connectivity index (χ0) is 15.5. The first-order valence-electron chi connectivity index (χ1n) is 7.07. The highest BCUT2D eigenvalue weighted by atomic mass is 19.4. The van der Waals surface area contributed by atoms with Crippen molar-refractivity contribution >= 4 is 11.7 Å². The molecule has 116 valence electrons. The van der Waals surface area contributed by atoms with E-state index in [-0.39, 0.29) is 17.2 Å². The van der Waals surface area contributed by atoms with Crippen LogP contribution in [-0.4, -0.2) is 23.9 Å². The van der Waals surface area contributed by atoms with Crippen LogP contribution < -0.4 is 10.6 Å². The Morgan fingerprint density at radius 2 is 1.67 bits per heavy atom. The largest absolute Gasteiger partial charge is 0.433 e. The Bertz CT molecular complexity index is 505. The van der Waals surface area contributed by atoms with Crippen molar-refractivity contribution in [3.05, 3.63) is 23.4 Å². The molecule has 0 unspecified atom stereocenters. The Hall–Kier alpha value is -1.79. The lowest BCUT2D eigenvalue weighted by Gasteiger charge is -2.28. The average Bonchev–Trinajstić information content (AvgIpc) is 2.36. The van der Waals surface area contributed by atoms with Gasteiger partial charge in [0.05, 0.1) is 5.56 Å². The molecule has 7 heteroatoms. The van der Waals surface area contributed by atoms with Gasteiger partial charge in [-0.3, -0.25) is 5.41 Å². The van der Waals surface area contributed by atoms with Crippen LogP contribution in [-0.2, 0) is 6.18 Å². The van der Waals surface area contributed by atoms with Gasteiger partial charge in [-0.05, 0) is 25.0 Å². The van der Waals surface area contributed by atoms with Gasteiger partial charge in [-0.1, -0.05) is 19.3 Å². The minimum atomic E-state index is -4.49. The number of nitrogens with one attached hydrogen (secondary N) is 1. The molecule has 4 nitrogen and oxygen atoms in total. The summed E-state index contributed by atoms with van der Waals surface area (Å²) in [6, 6.07) is 2.12. The summed E-state index contributed by atoms with van der Waals surface area (Å²) in [5.41, 5.74) is 4.81. The van der Waals surface area contributed by atoms with Gasteiger partial charge in [-0.25, -0.2) is 4.98 Å². The summed E-state index contributed by atoms with van der Waals surface area (Å²) in [5, 5.41) is 7.55. The SMILES string of the molecule is N=C(N)c1ccc(C(F)(F)F)nc1N1CCCCCCC1. The average molecular weight is 300 g/mol. The molecule has 0 radical (unpaired) electrons. The van der Waals surface area contributed by atoms with Crippen molar-refractivity contribution in [2.24, 2.45) is 5.73 Å². The Kier molecular flexibility index (Phi) is 4.69. The highest BCUT2D eigenvalue weighted by Gasteiger charge is 2.33. The molecule has 0 aromatic carbocycles. The molecule has 0 spiro atoms. The predicted octanol–water partition coefficient (Wildman–Crippen LogP) is 3.15. The van der Waals surface area contributed by atoms with Gasteiger partial charge in [0.1, 0.15) is 17.3 Å². The first kappa shape index (κ1) is 15.6. The van der Waals surface area contributed by atoms with Crippen molar-refractivity contribution in [1.82, 2.24) is 4.98 Å². The van der Waals surface area contributed by atoms with Gasteiger partial charge in [0.2, 0.25) is 0 Å². The summed E-state index contributed by atoms with van der Waals surface area (Å²) in [6.45, 7) is 1.29. The molecule has 0 amide bonds. The van der Waals surface area contributed by atoms with Gasteiger partial charge >= 0.3 is 6.18 Å². The molecule has 1 aliphatic rings. The van der Waals surface area contributed by atoms with E-state index in [1.165, 1.54) is 6.07 Å². The Morgan fingerprint density at radius 3 is 2.19 bits per heavy atom. The fraction of sp³-hybridized carbons (Fsp3) is 0.571. The van der Waals surface area contributed by atoms with Gasteiger partial charge in [0, 0.05) is 13.1 Å². The number of nitrogens with two attached hydrogens (primary N) is 1. The van der Waals surface area contributed by atoms with Crippen LogP contribution >= 0.6 is 0 Å². The molecule has 21 heavy (non-hydrogen) atoms. The molecule has 1 aromatic heterocycles. The number of nitrogens with zero attached hydrogens (tertiary/aromatic N) is 2. The van der Waals surface area contributed by atoms with E-state index in [1.807, 2.05) is 4.90 Å². The fourth-order valence-electron chi connectivity index (χ4n) is 2.52. The Labute approximate surface area is 121 Å². The number of pyridine rings is 1. The first-order valence-corrected chi connectivity index (χ1v) is 7.07. The zero-order valence-corrected chi connectivity index (χ0v) is 11.7. The van der Waals surface area contributed by atoms with Gasteiger partial charge in [-0.15, -0.1) is 0 Å². The van der Waals surface area contributed by atoms with Crippen molar-refractivity contribution < 1.29 is 13.2 Å². The summed E-state index contributed by atoms with van der Waals surface area (Å²) < 4.78 is 38.5. The van der Waals surface area contributed by atoms with Crippen LogP contribution in [0, 0.1) is 5.41 Å². The van der Waals surface area contributed by atoms with Crippen LogP contribution in [0.1, 0.15) is 43.4 Å². The third-order valence-corrected chi connectivity index (χ3v) is 3.61. The molecule has 0 atom stereocenters. The number of amidine groups is 1. The van der Waals surface area contributed by atoms with E-state index in [0.29, 0.717) is 13.1 Å². The molecule has 1 saturated heterocycles.